The Bertz CT molecular complexity index is 902. The summed E-state index contributed by atoms with van der Waals surface area (Å²) in [5, 5.41) is 7.22. The quantitative estimate of drug-likeness (QED) is 0.565. The molecule has 1 aliphatic rings. The molecule has 1 saturated carbocycles. The van der Waals surface area contributed by atoms with Gasteiger partial charge in [0, 0.05) is 17.2 Å². The molecule has 1 aliphatic carbocycles. The van der Waals surface area contributed by atoms with Crippen LogP contribution >= 0.6 is 0 Å². The number of nitrogens with zero attached hydrogens (tertiary/aromatic N) is 1. The topological polar surface area (TPSA) is 79.8 Å². The molecule has 0 bridgehead atoms. The lowest BCUT2D eigenvalue weighted by molar-refractivity contribution is -0.120. The molecule has 6 heteroatoms. The Morgan fingerprint density at radius 3 is 2.48 bits per heavy atom. The Kier molecular flexibility index (Phi) is 7.00. The zero-order chi connectivity index (χ0) is 20.6. The first kappa shape index (κ1) is 20.6. The van der Waals surface area contributed by atoms with Crippen molar-refractivity contribution < 1.29 is 14.3 Å². The Morgan fingerprint density at radius 2 is 1.72 bits per heavy atom. The number of hydrogen-bond donors (Lipinski definition) is 2. The van der Waals surface area contributed by atoms with Crippen LogP contribution in [-0.2, 0) is 4.79 Å². The first-order chi connectivity index (χ1) is 14.1. The molecule has 3 rings (SSSR count). The Balaban J connectivity index is 1.64. The summed E-state index contributed by atoms with van der Waals surface area (Å²) in [6.45, 7) is 1.81. The number of carbonyl (C=O) groups is 2. The number of benzene rings is 2. The Hall–Kier alpha value is -3.15. The summed E-state index contributed by atoms with van der Waals surface area (Å²) in [4.78, 5) is 24.8. The predicted octanol–water partition coefficient (Wildman–Crippen LogP) is 4.37. The van der Waals surface area contributed by atoms with Crippen molar-refractivity contribution in [1.29, 1.82) is 0 Å². The van der Waals surface area contributed by atoms with E-state index in [4.69, 9.17) is 4.74 Å². The van der Waals surface area contributed by atoms with Crippen molar-refractivity contribution >= 4 is 23.2 Å². The molecule has 0 saturated heterocycles. The third kappa shape index (κ3) is 5.67. The fraction of sp³-hybridized carbons (Fsp3) is 0.348. The molecule has 152 valence electrons. The highest BCUT2D eigenvalue weighted by atomic mass is 16.5. The molecule has 0 unspecified atom stereocenters. The summed E-state index contributed by atoms with van der Waals surface area (Å²) in [6, 6.07) is 14.4. The van der Waals surface area contributed by atoms with E-state index in [-0.39, 0.29) is 17.7 Å². The van der Waals surface area contributed by atoms with Crippen LogP contribution < -0.4 is 15.5 Å². The number of carbonyl (C=O) groups excluding carboxylic acids is 2. The molecular weight excluding hydrogens is 366 g/mol. The molecule has 2 aromatic carbocycles. The second kappa shape index (κ2) is 9.87. The molecule has 0 aliphatic heterocycles. The van der Waals surface area contributed by atoms with Gasteiger partial charge in [-0.05, 0) is 55.7 Å². The van der Waals surface area contributed by atoms with Crippen molar-refractivity contribution in [1.82, 2.24) is 5.43 Å². The van der Waals surface area contributed by atoms with Gasteiger partial charge in [-0.2, -0.15) is 5.10 Å². The van der Waals surface area contributed by atoms with E-state index in [0.717, 1.165) is 36.9 Å². The molecule has 2 N–H and O–H groups in total. The second-order valence-corrected chi connectivity index (χ2v) is 7.28. The molecule has 29 heavy (non-hydrogen) atoms. The molecule has 0 atom stereocenters. The van der Waals surface area contributed by atoms with Crippen LogP contribution in [0.15, 0.2) is 53.6 Å². The molecular formula is C23H27N3O3. The van der Waals surface area contributed by atoms with E-state index in [2.05, 4.69) is 15.8 Å². The first-order valence-electron chi connectivity index (χ1n) is 9.97. The lowest BCUT2D eigenvalue weighted by atomic mass is 9.88. The van der Waals surface area contributed by atoms with E-state index < -0.39 is 0 Å². The smallest absolute Gasteiger partial charge is 0.271 e. The number of hydrogen-bond acceptors (Lipinski definition) is 4. The van der Waals surface area contributed by atoms with Crippen LogP contribution in [0.5, 0.6) is 5.75 Å². The maximum Gasteiger partial charge on any atom is 0.271 e. The summed E-state index contributed by atoms with van der Waals surface area (Å²) in [7, 11) is 1.55. The van der Waals surface area contributed by atoms with Crippen LogP contribution in [0.4, 0.5) is 5.69 Å². The number of rotatable bonds is 6. The van der Waals surface area contributed by atoms with Crippen LogP contribution in [0.2, 0.25) is 0 Å². The van der Waals surface area contributed by atoms with E-state index in [1.165, 1.54) is 6.42 Å². The summed E-state index contributed by atoms with van der Waals surface area (Å²) < 4.78 is 5.14. The minimum absolute atomic E-state index is 0.0859. The average molecular weight is 393 g/mol. The Labute approximate surface area is 171 Å². The molecule has 1 fully saturated rings. The number of methoxy groups -OCH3 is 1. The number of ether oxygens (including phenoxy) is 1. The van der Waals surface area contributed by atoms with Gasteiger partial charge in [-0.15, -0.1) is 0 Å². The average Bonchev–Trinajstić information content (AvgIpc) is 2.78. The highest BCUT2D eigenvalue weighted by Gasteiger charge is 2.21. The standard InChI is InChI=1S/C23H27N3O3/c1-16(25-26-23(28)19-11-7-13-21(15-19)29-2)18-10-6-12-20(14-18)24-22(27)17-8-4-3-5-9-17/h6-7,10-15,17H,3-5,8-9H2,1-2H3,(H,24,27)(H,26,28)/b25-16+. The lowest BCUT2D eigenvalue weighted by Gasteiger charge is -2.20. The molecule has 6 nitrogen and oxygen atoms in total. The van der Waals surface area contributed by atoms with Gasteiger partial charge in [0.2, 0.25) is 5.91 Å². The second-order valence-electron chi connectivity index (χ2n) is 7.28. The van der Waals surface area contributed by atoms with Gasteiger partial charge in [0.1, 0.15) is 5.75 Å². The van der Waals surface area contributed by atoms with E-state index in [1.54, 1.807) is 31.4 Å². The minimum atomic E-state index is -0.315. The molecule has 2 amide bonds. The maximum absolute atomic E-state index is 12.5. The van der Waals surface area contributed by atoms with Crippen LogP contribution in [0.1, 0.15) is 54.9 Å². The van der Waals surface area contributed by atoms with Gasteiger partial charge >= 0.3 is 0 Å². The van der Waals surface area contributed by atoms with Crippen LogP contribution in [0.25, 0.3) is 0 Å². The van der Waals surface area contributed by atoms with E-state index in [1.807, 2.05) is 31.2 Å². The van der Waals surface area contributed by atoms with Crippen molar-refractivity contribution in [3.63, 3.8) is 0 Å². The van der Waals surface area contributed by atoms with Crippen molar-refractivity contribution in [3.05, 3.63) is 59.7 Å². The molecule has 2 aromatic rings. The molecule has 0 aromatic heterocycles. The van der Waals surface area contributed by atoms with Crippen LogP contribution in [0.3, 0.4) is 0 Å². The van der Waals surface area contributed by atoms with Gasteiger partial charge in [0.05, 0.1) is 12.8 Å². The van der Waals surface area contributed by atoms with E-state index in [0.29, 0.717) is 17.0 Å². The van der Waals surface area contributed by atoms with E-state index in [9.17, 15) is 9.59 Å². The maximum atomic E-state index is 12.5. The van der Waals surface area contributed by atoms with E-state index >= 15 is 0 Å². The predicted molar refractivity (Wildman–Crippen MR) is 114 cm³/mol. The van der Waals surface area contributed by atoms with Gasteiger partial charge in [-0.3, -0.25) is 9.59 Å². The zero-order valence-corrected chi connectivity index (χ0v) is 16.9. The molecule has 0 heterocycles. The largest absolute Gasteiger partial charge is 0.497 e. The number of amides is 2. The van der Waals surface area contributed by atoms with Gasteiger partial charge in [-0.1, -0.05) is 37.5 Å². The number of nitrogens with one attached hydrogen (secondary N) is 2. The van der Waals surface area contributed by atoms with Gasteiger partial charge in [-0.25, -0.2) is 5.43 Å². The van der Waals surface area contributed by atoms with Crippen molar-refractivity contribution in [2.45, 2.75) is 39.0 Å². The molecule has 0 spiro atoms. The lowest BCUT2D eigenvalue weighted by Crippen LogP contribution is -2.24. The first-order valence-corrected chi connectivity index (χ1v) is 9.97. The third-order valence-corrected chi connectivity index (χ3v) is 5.18. The summed E-state index contributed by atoms with van der Waals surface area (Å²) in [5.74, 6) is 0.483. The number of hydrazone groups is 1. The van der Waals surface area contributed by atoms with Crippen molar-refractivity contribution in [3.8, 4) is 5.75 Å². The third-order valence-electron chi connectivity index (χ3n) is 5.18. The highest BCUT2D eigenvalue weighted by molar-refractivity contribution is 6.02. The van der Waals surface area contributed by atoms with Crippen molar-refractivity contribution in [2.75, 3.05) is 12.4 Å². The van der Waals surface area contributed by atoms with Crippen molar-refractivity contribution in [2.24, 2.45) is 11.0 Å². The van der Waals surface area contributed by atoms with Crippen LogP contribution in [0, 0.1) is 5.92 Å². The van der Waals surface area contributed by atoms with Gasteiger partial charge in [0.15, 0.2) is 0 Å². The summed E-state index contributed by atoms with van der Waals surface area (Å²) in [6.07, 6.45) is 5.38. The Morgan fingerprint density at radius 1 is 1.00 bits per heavy atom. The highest BCUT2D eigenvalue weighted by Crippen LogP contribution is 2.25. The minimum Gasteiger partial charge on any atom is -0.497 e. The zero-order valence-electron chi connectivity index (χ0n) is 16.9. The van der Waals surface area contributed by atoms with Gasteiger partial charge in [0.25, 0.3) is 5.91 Å². The van der Waals surface area contributed by atoms with Crippen LogP contribution in [-0.4, -0.2) is 24.6 Å². The fourth-order valence-electron chi connectivity index (χ4n) is 3.46. The SMILES string of the molecule is COc1cccc(C(=O)N/N=C(\C)c2cccc(NC(=O)C3CCCCC3)c2)c1. The summed E-state index contributed by atoms with van der Waals surface area (Å²) in [5.41, 5.74) is 5.26. The fourth-order valence-corrected chi connectivity index (χ4v) is 3.46. The summed E-state index contributed by atoms with van der Waals surface area (Å²) >= 11 is 0. The normalized spacial score (nSPS) is 14.9. The monoisotopic (exact) mass is 393 g/mol. The molecule has 0 radical (unpaired) electrons. The van der Waals surface area contributed by atoms with Gasteiger partial charge < -0.3 is 10.1 Å². The number of anilines is 1.